The van der Waals surface area contributed by atoms with Gasteiger partial charge in [-0.25, -0.2) is 0 Å². The Morgan fingerprint density at radius 3 is 1.09 bits per heavy atom. The van der Waals surface area contributed by atoms with E-state index in [1.54, 1.807) is 0 Å². The maximum Gasteiger partial charge on any atom is 0.0175 e. The number of benzene rings is 6. The smallest absolute Gasteiger partial charge is 0.0175 e. The quantitative estimate of drug-likeness (QED) is 0.196. The van der Waals surface area contributed by atoms with Crippen LogP contribution in [0.5, 0.6) is 0 Å². The normalized spacial score (nSPS) is 10.6. The summed E-state index contributed by atoms with van der Waals surface area (Å²) in [6, 6.07) is 46.7. The van der Waals surface area contributed by atoms with Crippen LogP contribution in [0.2, 0.25) is 0 Å². The molecule has 0 radical (unpaired) electrons. The van der Waals surface area contributed by atoms with Crippen molar-refractivity contribution in [2.75, 3.05) is 0 Å². The van der Waals surface area contributed by atoms with Gasteiger partial charge in [-0.1, -0.05) is 141 Å². The van der Waals surface area contributed by atoms with E-state index >= 15 is 0 Å². The van der Waals surface area contributed by atoms with E-state index in [9.17, 15) is 0 Å². The standard InChI is InChI=1S/2C16H11Br/c2*17-14-10-8-13(9-11-14)16-7-3-5-12-4-1-2-6-15(12)16/h2*1-11H. The van der Waals surface area contributed by atoms with Crippen molar-refractivity contribution in [3.8, 4) is 22.3 Å². The predicted molar refractivity (Wildman–Crippen MR) is 154 cm³/mol. The molecule has 0 unspecified atom stereocenters. The largest absolute Gasteiger partial charge is 0.0616 e. The van der Waals surface area contributed by atoms with Gasteiger partial charge in [0.2, 0.25) is 0 Å². The first kappa shape index (κ1) is 22.6. The number of halogens is 2. The Morgan fingerprint density at radius 2 is 0.676 bits per heavy atom. The third-order valence-corrected chi connectivity index (χ3v) is 6.95. The first-order chi connectivity index (χ1) is 16.7. The van der Waals surface area contributed by atoms with Gasteiger partial charge in [-0.3, -0.25) is 0 Å². The van der Waals surface area contributed by atoms with Crippen LogP contribution < -0.4 is 0 Å². The van der Waals surface area contributed by atoms with Crippen LogP contribution in [-0.2, 0) is 0 Å². The second kappa shape index (κ2) is 10.4. The lowest BCUT2D eigenvalue weighted by Gasteiger charge is -2.06. The van der Waals surface area contributed by atoms with E-state index in [0.717, 1.165) is 8.95 Å². The zero-order chi connectivity index (χ0) is 23.3. The fourth-order valence-corrected chi connectivity index (χ4v) is 4.74. The fraction of sp³-hybridized carbons (Fsp3) is 0. The monoisotopic (exact) mass is 564 g/mol. The van der Waals surface area contributed by atoms with Gasteiger partial charge in [0.15, 0.2) is 0 Å². The summed E-state index contributed by atoms with van der Waals surface area (Å²) in [6.07, 6.45) is 0. The average Bonchev–Trinajstić information content (AvgIpc) is 2.89. The van der Waals surface area contributed by atoms with Gasteiger partial charge in [0, 0.05) is 8.95 Å². The van der Waals surface area contributed by atoms with Gasteiger partial charge in [-0.05, 0) is 68.1 Å². The number of fused-ring (bicyclic) bond motifs is 2. The van der Waals surface area contributed by atoms with Gasteiger partial charge < -0.3 is 0 Å². The van der Waals surface area contributed by atoms with Crippen LogP contribution in [0.25, 0.3) is 43.8 Å². The molecule has 0 saturated carbocycles. The van der Waals surface area contributed by atoms with E-state index in [1.807, 2.05) is 0 Å². The minimum atomic E-state index is 1.11. The molecular weight excluding hydrogens is 544 g/mol. The Hall–Kier alpha value is -3.20. The van der Waals surface area contributed by atoms with Crippen LogP contribution in [0.4, 0.5) is 0 Å². The fourth-order valence-electron chi connectivity index (χ4n) is 4.21. The summed E-state index contributed by atoms with van der Waals surface area (Å²) in [5.74, 6) is 0. The molecule has 0 aromatic heterocycles. The highest BCUT2D eigenvalue weighted by atomic mass is 79.9. The van der Waals surface area contributed by atoms with Crippen LogP contribution in [-0.4, -0.2) is 0 Å². The Morgan fingerprint density at radius 1 is 0.324 bits per heavy atom. The van der Waals surface area contributed by atoms with E-state index in [4.69, 9.17) is 0 Å². The molecular formula is C32H22Br2. The molecule has 0 nitrogen and oxygen atoms in total. The summed E-state index contributed by atoms with van der Waals surface area (Å²) >= 11 is 6.94. The molecule has 2 heteroatoms. The molecule has 0 saturated heterocycles. The maximum atomic E-state index is 3.47. The SMILES string of the molecule is Brc1ccc(-c2cccc3ccccc23)cc1.Brc1ccc(-c2cccc3ccccc23)cc1. The molecule has 6 aromatic carbocycles. The summed E-state index contributed by atoms with van der Waals surface area (Å²) in [5.41, 5.74) is 5.08. The number of rotatable bonds is 2. The number of hydrogen-bond donors (Lipinski definition) is 0. The van der Waals surface area contributed by atoms with E-state index in [0.29, 0.717) is 0 Å². The van der Waals surface area contributed by atoms with Gasteiger partial charge in [-0.2, -0.15) is 0 Å². The van der Waals surface area contributed by atoms with Gasteiger partial charge in [0.25, 0.3) is 0 Å². The average molecular weight is 566 g/mol. The van der Waals surface area contributed by atoms with Crippen molar-refractivity contribution >= 4 is 53.4 Å². The van der Waals surface area contributed by atoms with E-state index in [1.165, 1.54) is 43.8 Å². The Kier molecular flexibility index (Phi) is 6.89. The minimum absolute atomic E-state index is 1.11. The molecule has 0 heterocycles. The van der Waals surface area contributed by atoms with E-state index in [-0.39, 0.29) is 0 Å². The molecule has 0 aliphatic heterocycles. The highest BCUT2D eigenvalue weighted by molar-refractivity contribution is 9.10. The van der Waals surface area contributed by atoms with Crippen molar-refractivity contribution in [1.82, 2.24) is 0 Å². The summed E-state index contributed by atoms with van der Waals surface area (Å²) in [5, 5.41) is 5.18. The van der Waals surface area contributed by atoms with Crippen LogP contribution in [0.15, 0.2) is 142 Å². The van der Waals surface area contributed by atoms with Crippen molar-refractivity contribution in [1.29, 1.82) is 0 Å². The molecule has 164 valence electrons. The first-order valence-electron chi connectivity index (χ1n) is 11.2. The molecule has 0 bridgehead atoms. The summed E-state index contributed by atoms with van der Waals surface area (Å²) < 4.78 is 2.22. The Bertz CT molecular complexity index is 1420. The topological polar surface area (TPSA) is 0 Å². The van der Waals surface area contributed by atoms with Crippen molar-refractivity contribution < 1.29 is 0 Å². The van der Waals surface area contributed by atoms with Crippen molar-refractivity contribution in [2.24, 2.45) is 0 Å². The third-order valence-electron chi connectivity index (χ3n) is 5.89. The molecule has 0 aliphatic rings. The molecule has 6 rings (SSSR count). The van der Waals surface area contributed by atoms with Crippen molar-refractivity contribution in [3.63, 3.8) is 0 Å². The van der Waals surface area contributed by atoms with E-state index < -0.39 is 0 Å². The lowest BCUT2D eigenvalue weighted by atomic mass is 9.98. The Labute approximate surface area is 217 Å². The van der Waals surface area contributed by atoms with Gasteiger partial charge in [0.05, 0.1) is 0 Å². The van der Waals surface area contributed by atoms with Gasteiger partial charge in [-0.15, -0.1) is 0 Å². The van der Waals surface area contributed by atoms with Crippen LogP contribution in [0.1, 0.15) is 0 Å². The molecule has 34 heavy (non-hydrogen) atoms. The summed E-state index contributed by atoms with van der Waals surface area (Å²) in [6.45, 7) is 0. The second-order valence-electron chi connectivity index (χ2n) is 8.07. The summed E-state index contributed by atoms with van der Waals surface area (Å²) in [4.78, 5) is 0. The number of hydrogen-bond acceptors (Lipinski definition) is 0. The van der Waals surface area contributed by atoms with Crippen LogP contribution in [0.3, 0.4) is 0 Å². The van der Waals surface area contributed by atoms with Gasteiger partial charge >= 0.3 is 0 Å². The molecule has 0 N–H and O–H groups in total. The third kappa shape index (κ3) is 4.99. The summed E-state index contributed by atoms with van der Waals surface area (Å²) in [7, 11) is 0. The first-order valence-corrected chi connectivity index (χ1v) is 12.7. The van der Waals surface area contributed by atoms with E-state index in [2.05, 4.69) is 165 Å². The van der Waals surface area contributed by atoms with Crippen molar-refractivity contribution in [2.45, 2.75) is 0 Å². The molecule has 0 atom stereocenters. The molecule has 0 aliphatic carbocycles. The van der Waals surface area contributed by atoms with Gasteiger partial charge in [0.1, 0.15) is 0 Å². The predicted octanol–water partition coefficient (Wildman–Crippen LogP) is 10.5. The highest BCUT2D eigenvalue weighted by Gasteiger charge is 2.03. The Balaban J connectivity index is 0.000000142. The zero-order valence-corrected chi connectivity index (χ0v) is 21.6. The highest BCUT2D eigenvalue weighted by Crippen LogP contribution is 2.30. The lowest BCUT2D eigenvalue weighted by Crippen LogP contribution is -1.80. The second-order valence-corrected chi connectivity index (χ2v) is 9.90. The van der Waals surface area contributed by atoms with Crippen LogP contribution >= 0.6 is 31.9 Å². The van der Waals surface area contributed by atoms with Crippen LogP contribution in [0, 0.1) is 0 Å². The maximum absolute atomic E-state index is 3.47. The minimum Gasteiger partial charge on any atom is -0.0616 e. The zero-order valence-electron chi connectivity index (χ0n) is 18.5. The molecule has 0 fully saturated rings. The molecule has 6 aromatic rings. The van der Waals surface area contributed by atoms with Crippen molar-refractivity contribution in [3.05, 3.63) is 142 Å². The molecule has 0 amide bonds. The molecule has 0 spiro atoms. The lowest BCUT2D eigenvalue weighted by molar-refractivity contribution is 1.62.